The van der Waals surface area contributed by atoms with Gasteiger partial charge in [-0.25, -0.2) is 13.1 Å². The molecule has 0 bridgehead atoms. The molecular formula is C16H18ClNO2S. The van der Waals surface area contributed by atoms with Crippen LogP contribution in [0.5, 0.6) is 0 Å². The second kappa shape index (κ2) is 6.60. The Balaban J connectivity index is 2.12. The molecule has 0 fully saturated rings. The molecule has 0 amide bonds. The fraction of sp³-hybridized carbons (Fsp3) is 0.250. The van der Waals surface area contributed by atoms with Gasteiger partial charge in [0, 0.05) is 11.1 Å². The quantitative estimate of drug-likeness (QED) is 0.909. The van der Waals surface area contributed by atoms with Gasteiger partial charge in [0.25, 0.3) is 0 Å². The van der Waals surface area contributed by atoms with Crippen molar-refractivity contribution in [3.63, 3.8) is 0 Å². The first-order chi connectivity index (χ1) is 9.87. The number of benzene rings is 2. The minimum atomic E-state index is -3.45. The van der Waals surface area contributed by atoms with Gasteiger partial charge in [-0.15, -0.1) is 0 Å². The number of sulfonamides is 1. The largest absolute Gasteiger partial charge is 0.216 e. The lowest BCUT2D eigenvalue weighted by Crippen LogP contribution is -2.28. The normalized spacial score (nSPS) is 13.1. The zero-order valence-electron chi connectivity index (χ0n) is 12.0. The van der Waals surface area contributed by atoms with E-state index in [0.29, 0.717) is 10.6 Å². The van der Waals surface area contributed by atoms with Crippen LogP contribution in [0.15, 0.2) is 48.5 Å². The minimum Gasteiger partial charge on any atom is -0.212 e. The first kappa shape index (κ1) is 16.0. The maximum Gasteiger partial charge on any atom is 0.216 e. The van der Waals surface area contributed by atoms with E-state index in [0.717, 1.165) is 11.1 Å². The van der Waals surface area contributed by atoms with Crippen LogP contribution in [0.3, 0.4) is 0 Å². The average molecular weight is 324 g/mol. The fourth-order valence-electron chi connectivity index (χ4n) is 2.14. The molecule has 0 heterocycles. The molecule has 21 heavy (non-hydrogen) atoms. The Kier molecular flexibility index (Phi) is 5.04. The number of halogens is 1. The Bertz CT molecular complexity index is 729. The number of hydrogen-bond acceptors (Lipinski definition) is 2. The first-order valence-corrected chi connectivity index (χ1v) is 8.70. The van der Waals surface area contributed by atoms with Gasteiger partial charge in [-0.05, 0) is 31.0 Å². The smallest absolute Gasteiger partial charge is 0.212 e. The van der Waals surface area contributed by atoms with E-state index in [1.165, 1.54) is 0 Å². The number of rotatable bonds is 5. The molecular weight excluding hydrogens is 306 g/mol. The van der Waals surface area contributed by atoms with E-state index >= 15 is 0 Å². The van der Waals surface area contributed by atoms with Crippen molar-refractivity contribution in [2.45, 2.75) is 25.6 Å². The third kappa shape index (κ3) is 4.56. The van der Waals surface area contributed by atoms with Crippen LogP contribution in [0.2, 0.25) is 5.02 Å². The van der Waals surface area contributed by atoms with Gasteiger partial charge in [0.2, 0.25) is 10.0 Å². The van der Waals surface area contributed by atoms with Crippen LogP contribution in [0.1, 0.15) is 29.7 Å². The van der Waals surface area contributed by atoms with E-state index in [1.54, 1.807) is 24.3 Å². The number of nitrogens with one attached hydrogen (secondary N) is 1. The van der Waals surface area contributed by atoms with Gasteiger partial charge < -0.3 is 0 Å². The predicted molar refractivity (Wildman–Crippen MR) is 86.8 cm³/mol. The molecule has 0 aliphatic heterocycles. The summed E-state index contributed by atoms with van der Waals surface area (Å²) in [7, 11) is -3.45. The molecule has 1 N–H and O–H groups in total. The van der Waals surface area contributed by atoms with Crippen LogP contribution in [0.4, 0.5) is 0 Å². The topological polar surface area (TPSA) is 46.2 Å². The zero-order valence-corrected chi connectivity index (χ0v) is 13.6. The van der Waals surface area contributed by atoms with Crippen LogP contribution in [0.25, 0.3) is 0 Å². The second-order valence-corrected chi connectivity index (χ2v) is 7.27. The van der Waals surface area contributed by atoms with E-state index in [1.807, 2.05) is 38.1 Å². The zero-order chi connectivity index (χ0) is 15.5. The van der Waals surface area contributed by atoms with Crippen LogP contribution in [-0.2, 0) is 15.8 Å². The van der Waals surface area contributed by atoms with E-state index in [9.17, 15) is 8.42 Å². The SMILES string of the molecule is Cc1cccc([C@@H](C)NS(=O)(=O)Cc2ccccc2Cl)c1. The Morgan fingerprint density at radius 1 is 1.14 bits per heavy atom. The molecule has 0 saturated heterocycles. The summed E-state index contributed by atoms with van der Waals surface area (Å²) in [6.07, 6.45) is 0. The molecule has 2 aromatic carbocycles. The first-order valence-electron chi connectivity index (χ1n) is 6.67. The highest BCUT2D eigenvalue weighted by atomic mass is 35.5. The van der Waals surface area contributed by atoms with Crippen molar-refractivity contribution < 1.29 is 8.42 Å². The Hall–Kier alpha value is -1.36. The fourth-order valence-corrected chi connectivity index (χ4v) is 3.84. The van der Waals surface area contributed by atoms with E-state index in [-0.39, 0.29) is 11.8 Å². The lowest BCUT2D eigenvalue weighted by molar-refractivity contribution is 0.566. The molecule has 1 atom stereocenters. The molecule has 0 radical (unpaired) electrons. The predicted octanol–water partition coefficient (Wildman–Crippen LogP) is 3.83. The van der Waals surface area contributed by atoms with Gasteiger partial charge in [-0.3, -0.25) is 0 Å². The Morgan fingerprint density at radius 3 is 2.52 bits per heavy atom. The Morgan fingerprint density at radius 2 is 1.86 bits per heavy atom. The van der Waals surface area contributed by atoms with E-state index in [2.05, 4.69) is 4.72 Å². The van der Waals surface area contributed by atoms with E-state index in [4.69, 9.17) is 11.6 Å². The molecule has 0 aliphatic rings. The van der Waals surface area contributed by atoms with Gasteiger partial charge in [0.05, 0.1) is 5.75 Å². The van der Waals surface area contributed by atoms with Gasteiger partial charge in [0.15, 0.2) is 0 Å². The van der Waals surface area contributed by atoms with Crippen molar-refractivity contribution in [2.24, 2.45) is 0 Å². The minimum absolute atomic E-state index is 0.122. The maximum absolute atomic E-state index is 12.3. The molecule has 0 aliphatic carbocycles. The van der Waals surface area contributed by atoms with Crippen LogP contribution < -0.4 is 4.72 Å². The van der Waals surface area contributed by atoms with Crippen molar-refractivity contribution in [1.82, 2.24) is 4.72 Å². The molecule has 0 saturated carbocycles. The highest BCUT2D eigenvalue weighted by Gasteiger charge is 2.17. The lowest BCUT2D eigenvalue weighted by Gasteiger charge is -2.15. The highest BCUT2D eigenvalue weighted by molar-refractivity contribution is 7.88. The van der Waals surface area contributed by atoms with Crippen LogP contribution >= 0.6 is 11.6 Å². The van der Waals surface area contributed by atoms with Crippen molar-refractivity contribution in [1.29, 1.82) is 0 Å². The molecule has 5 heteroatoms. The summed E-state index contributed by atoms with van der Waals surface area (Å²) in [6.45, 7) is 3.81. The van der Waals surface area contributed by atoms with Crippen molar-refractivity contribution in [3.05, 3.63) is 70.2 Å². The summed E-state index contributed by atoms with van der Waals surface area (Å²) in [5.74, 6) is -0.122. The van der Waals surface area contributed by atoms with Crippen molar-refractivity contribution in [3.8, 4) is 0 Å². The summed E-state index contributed by atoms with van der Waals surface area (Å²) in [5, 5.41) is 0.464. The summed E-state index contributed by atoms with van der Waals surface area (Å²) in [5.41, 5.74) is 2.64. The molecule has 112 valence electrons. The lowest BCUT2D eigenvalue weighted by atomic mass is 10.1. The molecule has 0 aromatic heterocycles. The van der Waals surface area contributed by atoms with Crippen LogP contribution in [0, 0.1) is 6.92 Å². The molecule has 0 unspecified atom stereocenters. The van der Waals surface area contributed by atoms with Crippen molar-refractivity contribution >= 4 is 21.6 Å². The summed E-state index contributed by atoms with van der Waals surface area (Å²) < 4.78 is 27.2. The molecule has 2 aromatic rings. The standard InChI is InChI=1S/C16H18ClNO2S/c1-12-6-5-8-14(10-12)13(2)18-21(19,20)11-15-7-3-4-9-16(15)17/h3-10,13,18H,11H2,1-2H3/t13-/m1/s1. The third-order valence-corrected chi connectivity index (χ3v) is 4.97. The summed E-state index contributed by atoms with van der Waals surface area (Å²) >= 11 is 6.01. The molecule has 2 rings (SSSR count). The maximum atomic E-state index is 12.3. The monoisotopic (exact) mass is 323 g/mol. The van der Waals surface area contributed by atoms with Gasteiger partial charge in [-0.1, -0.05) is 59.6 Å². The summed E-state index contributed by atoms with van der Waals surface area (Å²) in [6, 6.07) is 14.5. The van der Waals surface area contributed by atoms with E-state index < -0.39 is 10.0 Å². The Labute approximate surface area is 131 Å². The highest BCUT2D eigenvalue weighted by Crippen LogP contribution is 2.20. The molecule has 3 nitrogen and oxygen atoms in total. The second-order valence-electron chi connectivity index (χ2n) is 5.10. The van der Waals surface area contributed by atoms with Gasteiger partial charge >= 0.3 is 0 Å². The van der Waals surface area contributed by atoms with Crippen LogP contribution in [-0.4, -0.2) is 8.42 Å². The molecule has 0 spiro atoms. The third-order valence-electron chi connectivity index (χ3n) is 3.20. The van der Waals surface area contributed by atoms with Gasteiger partial charge in [-0.2, -0.15) is 0 Å². The number of aryl methyl sites for hydroxylation is 1. The summed E-state index contributed by atoms with van der Waals surface area (Å²) in [4.78, 5) is 0. The van der Waals surface area contributed by atoms with Crippen molar-refractivity contribution in [2.75, 3.05) is 0 Å². The average Bonchev–Trinajstić information content (AvgIpc) is 2.40. The van der Waals surface area contributed by atoms with Gasteiger partial charge in [0.1, 0.15) is 0 Å². The number of hydrogen-bond donors (Lipinski definition) is 1.